The number of benzene rings is 2. The van der Waals surface area contributed by atoms with E-state index in [1.54, 1.807) is 10.9 Å². The van der Waals surface area contributed by atoms with E-state index in [9.17, 15) is 4.79 Å². The Morgan fingerprint density at radius 1 is 1.00 bits per heavy atom. The van der Waals surface area contributed by atoms with Gasteiger partial charge in [0.25, 0.3) is 5.56 Å². The molecule has 2 aromatic carbocycles. The van der Waals surface area contributed by atoms with Crippen molar-refractivity contribution in [3.63, 3.8) is 0 Å². The number of fused-ring (bicyclic) bond motifs is 1. The van der Waals surface area contributed by atoms with Gasteiger partial charge in [0, 0.05) is 5.56 Å². The van der Waals surface area contributed by atoms with E-state index in [1.165, 1.54) is 10.9 Å². The summed E-state index contributed by atoms with van der Waals surface area (Å²) in [6.45, 7) is 2.12. The Kier molecular flexibility index (Phi) is 4.05. The van der Waals surface area contributed by atoms with Crippen LogP contribution in [0.15, 0.2) is 82.4 Å². The average Bonchev–Trinajstić information content (AvgIpc) is 3.36. The van der Waals surface area contributed by atoms with Crippen molar-refractivity contribution < 1.29 is 4.42 Å². The average molecular weight is 383 g/mol. The first-order chi connectivity index (χ1) is 14.2. The maximum atomic E-state index is 13.0. The zero-order valence-electron chi connectivity index (χ0n) is 15.7. The van der Waals surface area contributed by atoms with E-state index in [0.29, 0.717) is 28.4 Å². The summed E-state index contributed by atoms with van der Waals surface area (Å²) >= 11 is 0. The van der Waals surface area contributed by atoms with Crippen molar-refractivity contribution in [1.82, 2.24) is 24.3 Å². The van der Waals surface area contributed by atoms with Gasteiger partial charge >= 0.3 is 0 Å². The summed E-state index contributed by atoms with van der Waals surface area (Å²) in [6.07, 6.45) is 3.08. The SMILES string of the molecule is Cc1oc(-c2ccccc2)nc1Cn1cnc2c(cnn2-c2ccccc2)c1=O. The molecular weight excluding hydrogens is 366 g/mol. The van der Waals surface area contributed by atoms with Crippen LogP contribution in [0.4, 0.5) is 0 Å². The molecule has 0 aliphatic heterocycles. The zero-order chi connectivity index (χ0) is 19.8. The predicted molar refractivity (Wildman–Crippen MR) is 109 cm³/mol. The summed E-state index contributed by atoms with van der Waals surface area (Å²) in [5.74, 6) is 1.22. The van der Waals surface area contributed by atoms with Crippen molar-refractivity contribution in [2.45, 2.75) is 13.5 Å². The Hall–Kier alpha value is -4.00. The number of aryl methyl sites for hydroxylation is 1. The van der Waals surface area contributed by atoms with Crippen molar-refractivity contribution in [1.29, 1.82) is 0 Å². The Balaban J connectivity index is 1.52. The van der Waals surface area contributed by atoms with Gasteiger partial charge in [-0.25, -0.2) is 14.6 Å². The van der Waals surface area contributed by atoms with Crippen molar-refractivity contribution in [3.8, 4) is 17.1 Å². The van der Waals surface area contributed by atoms with Gasteiger partial charge in [0.2, 0.25) is 5.89 Å². The van der Waals surface area contributed by atoms with E-state index in [4.69, 9.17) is 4.42 Å². The van der Waals surface area contributed by atoms with Gasteiger partial charge in [-0.05, 0) is 31.2 Å². The minimum Gasteiger partial charge on any atom is -0.441 e. The maximum absolute atomic E-state index is 13.0. The molecule has 0 radical (unpaired) electrons. The molecule has 7 nitrogen and oxygen atoms in total. The van der Waals surface area contributed by atoms with Gasteiger partial charge in [0.1, 0.15) is 23.2 Å². The molecule has 0 saturated heterocycles. The van der Waals surface area contributed by atoms with Gasteiger partial charge in [-0.15, -0.1) is 0 Å². The second kappa shape index (κ2) is 6.87. The molecule has 0 amide bonds. The number of hydrogen-bond acceptors (Lipinski definition) is 5. The molecule has 3 aromatic heterocycles. The molecule has 0 fully saturated rings. The molecular formula is C22H17N5O2. The third kappa shape index (κ3) is 3.02. The lowest BCUT2D eigenvalue weighted by Crippen LogP contribution is -2.21. The van der Waals surface area contributed by atoms with Crippen LogP contribution in [0.25, 0.3) is 28.2 Å². The van der Waals surface area contributed by atoms with E-state index in [1.807, 2.05) is 67.6 Å². The molecule has 29 heavy (non-hydrogen) atoms. The minimum absolute atomic E-state index is 0.166. The first kappa shape index (κ1) is 17.1. The molecule has 5 aromatic rings. The van der Waals surface area contributed by atoms with Gasteiger partial charge < -0.3 is 4.42 Å². The fourth-order valence-corrected chi connectivity index (χ4v) is 3.26. The van der Waals surface area contributed by atoms with Crippen LogP contribution < -0.4 is 5.56 Å². The lowest BCUT2D eigenvalue weighted by Gasteiger charge is -2.05. The van der Waals surface area contributed by atoms with Crippen LogP contribution in [0, 0.1) is 6.92 Å². The van der Waals surface area contributed by atoms with Crippen LogP contribution in [-0.2, 0) is 6.54 Å². The number of oxazole rings is 1. The summed E-state index contributed by atoms with van der Waals surface area (Å²) in [5, 5.41) is 4.80. The fourth-order valence-electron chi connectivity index (χ4n) is 3.26. The maximum Gasteiger partial charge on any atom is 0.264 e. The van der Waals surface area contributed by atoms with Gasteiger partial charge in [0.15, 0.2) is 5.65 Å². The van der Waals surface area contributed by atoms with Crippen molar-refractivity contribution in [2.24, 2.45) is 0 Å². The Labute approximate surface area is 165 Å². The molecule has 0 bridgehead atoms. The summed E-state index contributed by atoms with van der Waals surface area (Å²) in [4.78, 5) is 22.0. The highest BCUT2D eigenvalue weighted by Crippen LogP contribution is 2.22. The van der Waals surface area contributed by atoms with Crippen LogP contribution in [0.2, 0.25) is 0 Å². The molecule has 0 saturated carbocycles. The van der Waals surface area contributed by atoms with Gasteiger partial charge in [-0.3, -0.25) is 9.36 Å². The van der Waals surface area contributed by atoms with Crippen LogP contribution in [-0.4, -0.2) is 24.3 Å². The Bertz CT molecular complexity index is 1350. The lowest BCUT2D eigenvalue weighted by atomic mass is 10.2. The third-order valence-corrected chi connectivity index (χ3v) is 4.79. The monoisotopic (exact) mass is 383 g/mol. The summed E-state index contributed by atoms with van der Waals surface area (Å²) in [5.41, 5.74) is 2.81. The van der Waals surface area contributed by atoms with Gasteiger partial charge in [-0.1, -0.05) is 36.4 Å². The molecule has 0 atom stereocenters. The minimum atomic E-state index is -0.166. The molecule has 0 spiro atoms. The first-order valence-electron chi connectivity index (χ1n) is 9.21. The molecule has 142 valence electrons. The van der Waals surface area contributed by atoms with Crippen LogP contribution >= 0.6 is 0 Å². The van der Waals surface area contributed by atoms with Crippen molar-refractivity contribution in [2.75, 3.05) is 0 Å². The van der Waals surface area contributed by atoms with Crippen molar-refractivity contribution in [3.05, 3.63) is 95.0 Å². The summed E-state index contributed by atoms with van der Waals surface area (Å²) in [7, 11) is 0. The predicted octanol–water partition coefficient (Wildman–Crippen LogP) is 3.59. The molecule has 0 aliphatic carbocycles. The van der Waals surface area contributed by atoms with E-state index in [-0.39, 0.29) is 12.1 Å². The van der Waals surface area contributed by atoms with Crippen LogP contribution in [0.5, 0.6) is 0 Å². The fraction of sp³-hybridized carbons (Fsp3) is 0.0909. The zero-order valence-corrected chi connectivity index (χ0v) is 15.7. The van der Waals surface area contributed by atoms with Crippen LogP contribution in [0.1, 0.15) is 11.5 Å². The van der Waals surface area contributed by atoms with E-state index in [0.717, 1.165) is 11.3 Å². The van der Waals surface area contributed by atoms with E-state index < -0.39 is 0 Å². The number of nitrogens with zero attached hydrogens (tertiary/aromatic N) is 5. The highest BCUT2D eigenvalue weighted by molar-refractivity contribution is 5.74. The Morgan fingerprint density at radius 2 is 1.72 bits per heavy atom. The number of hydrogen-bond donors (Lipinski definition) is 0. The highest BCUT2D eigenvalue weighted by atomic mass is 16.4. The highest BCUT2D eigenvalue weighted by Gasteiger charge is 2.15. The van der Waals surface area contributed by atoms with E-state index in [2.05, 4.69) is 15.1 Å². The third-order valence-electron chi connectivity index (χ3n) is 4.79. The standard InChI is InChI=1S/C22H17N5O2/c1-15-19(25-21(29-15)16-8-4-2-5-9-16)13-26-14-23-20-18(22(26)28)12-24-27(20)17-10-6-3-7-11-17/h2-12,14H,13H2,1H3. The largest absolute Gasteiger partial charge is 0.441 e. The molecule has 5 rings (SSSR count). The summed E-state index contributed by atoms with van der Waals surface area (Å²) in [6, 6.07) is 19.3. The second-order valence-corrected chi connectivity index (χ2v) is 6.69. The smallest absolute Gasteiger partial charge is 0.264 e. The molecule has 3 heterocycles. The van der Waals surface area contributed by atoms with Gasteiger partial charge in [0.05, 0.1) is 18.4 Å². The molecule has 0 unspecified atom stereocenters. The summed E-state index contributed by atoms with van der Waals surface area (Å²) < 4.78 is 8.99. The van der Waals surface area contributed by atoms with Gasteiger partial charge in [-0.2, -0.15) is 5.10 Å². The topological polar surface area (TPSA) is 78.7 Å². The molecule has 0 N–H and O–H groups in total. The number of rotatable bonds is 4. The quantitative estimate of drug-likeness (QED) is 0.474. The second-order valence-electron chi connectivity index (χ2n) is 6.69. The number of para-hydroxylation sites is 1. The van der Waals surface area contributed by atoms with Crippen molar-refractivity contribution >= 4 is 11.0 Å². The Morgan fingerprint density at radius 3 is 2.48 bits per heavy atom. The van der Waals surface area contributed by atoms with Crippen LogP contribution in [0.3, 0.4) is 0 Å². The lowest BCUT2D eigenvalue weighted by molar-refractivity contribution is 0.537. The number of aromatic nitrogens is 5. The first-order valence-corrected chi connectivity index (χ1v) is 9.21. The van der Waals surface area contributed by atoms with E-state index >= 15 is 0 Å². The normalized spacial score (nSPS) is 11.2. The molecule has 0 aliphatic rings. The molecule has 7 heteroatoms.